The summed E-state index contributed by atoms with van der Waals surface area (Å²) >= 11 is 0. The van der Waals surface area contributed by atoms with Crippen LogP contribution in [-0.2, 0) is 4.79 Å². The van der Waals surface area contributed by atoms with E-state index < -0.39 is 12.1 Å². The van der Waals surface area contributed by atoms with Crippen molar-refractivity contribution in [3.05, 3.63) is 48.3 Å². The molecule has 7 heteroatoms. The number of nitrogens with zero attached hydrogens (tertiary/aromatic N) is 2. The van der Waals surface area contributed by atoms with E-state index >= 15 is 0 Å². The van der Waals surface area contributed by atoms with Crippen molar-refractivity contribution in [3.8, 4) is 0 Å². The van der Waals surface area contributed by atoms with Crippen LogP contribution in [0.4, 0.5) is 10.5 Å². The first kappa shape index (κ1) is 16.5. The lowest BCUT2D eigenvalue weighted by Gasteiger charge is -2.17. The molecule has 1 atom stereocenters. The van der Waals surface area contributed by atoms with Crippen LogP contribution in [0, 0.1) is 0 Å². The molecule has 1 aromatic carbocycles. The summed E-state index contributed by atoms with van der Waals surface area (Å²) in [5, 5.41) is 12.1. The molecule has 3 amide bonds. The number of nitrogens with one attached hydrogen (secondary N) is 3. The normalized spacial score (nSPS) is 11.8. The highest BCUT2D eigenvalue weighted by molar-refractivity contribution is 5.94. The molecule has 0 aliphatic carbocycles. The minimum atomic E-state index is -0.763. The van der Waals surface area contributed by atoms with E-state index in [9.17, 15) is 9.59 Å². The molecule has 0 radical (unpaired) electrons. The van der Waals surface area contributed by atoms with Crippen LogP contribution in [0.5, 0.6) is 0 Å². The Balaban J connectivity index is 2.07. The van der Waals surface area contributed by atoms with Gasteiger partial charge in [-0.1, -0.05) is 30.3 Å². The molecule has 0 aliphatic rings. The summed E-state index contributed by atoms with van der Waals surface area (Å²) in [6.07, 6.45) is 3.30. The Morgan fingerprint density at radius 2 is 1.87 bits per heavy atom. The van der Waals surface area contributed by atoms with Crippen LogP contribution in [-0.4, -0.2) is 28.8 Å². The average molecular weight is 315 g/mol. The summed E-state index contributed by atoms with van der Waals surface area (Å²) in [4.78, 5) is 24.2. The topological polar surface area (TPSA) is 88.1 Å². The molecule has 1 heterocycles. The van der Waals surface area contributed by atoms with Crippen molar-refractivity contribution in [2.75, 3.05) is 12.4 Å². The second-order valence-electron chi connectivity index (χ2n) is 5.36. The van der Waals surface area contributed by atoms with Crippen LogP contribution >= 0.6 is 0 Å². The van der Waals surface area contributed by atoms with Gasteiger partial charge in [-0.25, -0.2) is 4.79 Å². The second-order valence-corrected chi connectivity index (χ2v) is 5.36. The average Bonchev–Trinajstić information content (AvgIpc) is 3.01. The van der Waals surface area contributed by atoms with Gasteiger partial charge in [0, 0.05) is 19.3 Å². The zero-order chi connectivity index (χ0) is 16.8. The van der Waals surface area contributed by atoms with E-state index in [0.29, 0.717) is 11.3 Å². The molecular weight excluding hydrogens is 294 g/mol. The third kappa shape index (κ3) is 4.32. The monoisotopic (exact) mass is 315 g/mol. The van der Waals surface area contributed by atoms with Crippen molar-refractivity contribution in [3.63, 3.8) is 0 Å². The number of anilines is 1. The number of carbonyl (C=O) groups excluding carboxylic acids is 2. The van der Waals surface area contributed by atoms with E-state index in [0.717, 1.165) is 0 Å². The van der Waals surface area contributed by atoms with Gasteiger partial charge in [-0.2, -0.15) is 5.10 Å². The lowest BCUT2D eigenvalue weighted by Crippen LogP contribution is -2.40. The third-order valence-corrected chi connectivity index (χ3v) is 3.31. The lowest BCUT2D eigenvalue weighted by atomic mass is 10.1. The molecular formula is C16H21N5O2. The summed E-state index contributed by atoms with van der Waals surface area (Å²) < 4.78 is 1.74. The van der Waals surface area contributed by atoms with Crippen molar-refractivity contribution in [2.24, 2.45) is 0 Å². The minimum Gasteiger partial charge on any atom is -0.357 e. The molecule has 0 aliphatic heterocycles. The number of rotatable bonds is 5. The number of carbonyl (C=O) groups is 2. The van der Waals surface area contributed by atoms with Gasteiger partial charge in [-0.3, -0.25) is 9.48 Å². The van der Waals surface area contributed by atoms with Gasteiger partial charge in [0.15, 0.2) is 0 Å². The maximum atomic E-state index is 12.2. The molecule has 2 rings (SSSR count). The molecule has 0 unspecified atom stereocenters. The van der Waals surface area contributed by atoms with Crippen molar-refractivity contribution >= 4 is 17.6 Å². The largest absolute Gasteiger partial charge is 0.357 e. The van der Waals surface area contributed by atoms with E-state index in [1.165, 1.54) is 7.05 Å². The predicted molar refractivity (Wildman–Crippen MR) is 88.0 cm³/mol. The zero-order valence-corrected chi connectivity index (χ0v) is 13.4. The standard InChI is InChI=1S/C16H21N5O2/c1-11(2)21-10-13(9-18-21)19-16(23)20-14(15(22)17-3)12-7-5-4-6-8-12/h4-11,14H,1-3H3,(H,17,22)(H2,19,20,23)/t14-/m1/s1. The number of urea groups is 1. The molecule has 1 aromatic heterocycles. The number of aromatic nitrogens is 2. The Kier molecular flexibility index (Phi) is 5.35. The highest BCUT2D eigenvalue weighted by Gasteiger charge is 2.21. The van der Waals surface area contributed by atoms with Crippen LogP contribution in [0.25, 0.3) is 0 Å². The SMILES string of the molecule is CNC(=O)[C@H](NC(=O)Nc1cnn(C(C)C)c1)c1ccccc1. The van der Waals surface area contributed by atoms with Crippen LogP contribution in [0.1, 0.15) is 31.5 Å². The van der Waals surface area contributed by atoms with Gasteiger partial charge in [0.05, 0.1) is 11.9 Å². The molecule has 0 fully saturated rings. The number of hydrogen-bond donors (Lipinski definition) is 3. The predicted octanol–water partition coefficient (Wildman–Crippen LogP) is 2.07. The van der Waals surface area contributed by atoms with E-state index in [4.69, 9.17) is 0 Å². The van der Waals surface area contributed by atoms with E-state index in [2.05, 4.69) is 21.0 Å². The van der Waals surface area contributed by atoms with E-state index in [1.807, 2.05) is 32.0 Å². The highest BCUT2D eigenvalue weighted by Crippen LogP contribution is 2.14. The quantitative estimate of drug-likeness (QED) is 0.789. The lowest BCUT2D eigenvalue weighted by molar-refractivity contribution is -0.122. The summed E-state index contributed by atoms with van der Waals surface area (Å²) in [5.41, 5.74) is 1.28. The second kappa shape index (κ2) is 7.44. The fraction of sp³-hybridized carbons (Fsp3) is 0.312. The summed E-state index contributed by atoms with van der Waals surface area (Å²) in [7, 11) is 1.53. The smallest absolute Gasteiger partial charge is 0.320 e. The van der Waals surface area contributed by atoms with Crippen molar-refractivity contribution in [2.45, 2.75) is 25.9 Å². The third-order valence-electron chi connectivity index (χ3n) is 3.31. The van der Waals surface area contributed by atoms with Crippen LogP contribution in [0.2, 0.25) is 0 Å². The first-order valence-corrected chi connectivity index (χ1v) is 7.39. The Hall–Kier alpha value is -2.83. The molecule has 2 aromatic rings. The van der Waals surface area contributed by atoms with Crippen molar-refractivity contribution in [1.29, 1.82) is 0 Å². The number of hydrogen-bond acceptors (Lipinski definition) is 3. The first-order valence-electron chi connectivity index (χ1n) is 7.39. The Morgan fingerprint density at radius 3 is 2.43 bits per heavy atom. The first-order chi connectivity index (χ1) is 11.0. The molecule has 122 valence electrons. The van der Waals surface area contributed by atoms with Gasteiger partial charge in [0.2, 0.25) is 5.91 Å². The van der Waals surface area contributed by atoms with Gasteiger partial charge in [-0.15, -0.1) is 0 Å². The van der Waals surface area contributed by atoms with Crippen molar-refractivity contribution in [1.82, 2.24) is 20.4 Å². The highest BCUT2D eigenvalue weighted by atomic mass is 16.2. The Labute approximate surface area is 135 Å². The van der Waals surface area contributed by atoms with Gasteiger partial charge >= 0.3 is 6.03 Å². The van der Waals surface area contributed by atoms with Crippen molar-refractivity contribution < 1.29 is 9.59 Å². The number of amides is 3. The molecule has 0 bridgehead atoms. The number of benzene rings is 1. The van der Waals surface area contributed by atoms with Crippen LogP contribution < -0.4 is 16.0 Å². The molecule has 0 saturated heterocycles. The maximum Gasteiger partial charge on any atom is 0.320 e. The Bertz CT molecular complexity index is 666. The van der Waals surface area contributed by atoms with E-state index in [1.54, 1.807) is 29.2 Å². The molecule has 3 N–H and O–H groups in total. The van der Waals surface area contributed by atoms with E-state index in [-0.39, 0.29) is 11.9 Å². The van der Waals surface area contributed by atoms with Crippen LogP contribution in [0.15, 0.2) is 42.7 Å². The molecule has 7 nitrogen and oxygen atoms in total. The number of likely N-dealkylation sites (N-methyl/N-ethyl adjacent to an activating group) is 1. The minimum absolute atomic E-state index is 0.205. The fourth-order valence-corrected chi connectivity index (χ4v) is 2.07. The summed E-state index contributed by atoms with van der Waals surface area (Å²) in [6, 6.07) is 8.04. The van der Waals surface area contributed by atoms with Gasteiger partial charge in [0.1, 0.15) is 6.04 Å². The Morgan fingerprint density at radius 1 is 1.17 bits per heavy atom. The summed E-state index contributed by atoms with van der Waals surface area (Å²) in [6.45, 7) is 3.99. The fourth-order valence-electron chi connectivity index (χ4n) is 2.07. The molecule has 23 heavy (non-hydrogen) atoms. The maximum absolute atomic E-state index is 12.2. The van der Waals surface area contributed by atoms with Gasteiger partial charge < -0.3 is 16.0 Å². The van der Waals surface area contributed by atoms with Gasteiger partial charge in [0.25, 0.3) is 0 Å². The molecule has 0 saturated carbocycles. The zero-order valence-electron chi connectivity index (χ0n) is 13.4. The van der Waals surface area contributed by atoms with Crippen LogP contribution in [0.3, 0.4) is 0 Å². The summed E-state index contributed by atoms with van der Waals surface area (Å²) in [5.74, 6) is -0.288. The van der Waals surface area contributed by atoms with Gasteiger partial charge in [-0.05, 0) is 19.4 Å². The molecule has 0 spiro atoms.